The van der Waals surface area contributed by atoms with Crippen LogP contribution in [-0.2, 0) is 14.0 Å². The first kappa shape index (κ1) is 23.0. The molecule has 2 heterocycles. The number of aromatic nitrogens is 1. The van der Waals surface area contributed by atoms with Gasteiger partial charge in [-0.3, -0.25) is 0 Å². The van der Waals surface area contributed by atoms with Gasteiger partial charge in [0.05, 0.1) is 16.2 Å². The van der Waals surface area contributed by atoms with E-state index in [1.54, 1.807) is 33.0 Å². The molecule has 6 nitrogen and oxygen atoms in total. The summed E-state index contributed by atoms with van der Waals surface area (Å²) in [5, 5.41) is 3.31. The normalized spacial score (nSPS) is 18.9. The average molecular weight is 429 g/mol. The molecule has 2 rings (SSSR count). The second-order valence-corrected chi connectivity index (χ2v) is 9.47. The van der Waals surface area contributed by atoms with Gasteiger partial charge in [-0.05, 0) is 65.6 Å². The molecule has 0 atom stereocenters. The molecule has 154 valence electrons. The number of hydrogen-bond donors (Lipinski definition) is 1. The molecule has 9 heteroatoms. The molecule has 0 bridgehead atoms. The molecule has 0 unspecified atom stereocenters. The fraction of sp³-hybridized carbons (Fsp3) is 0.579. The maximum Gasteiger partial charge on any atom is 0.492 e. The summed E-state index contributed by atoms with van der Waals surface area (Å²) in [6.45, 7) is 13.4. The topological polar surface area (TPSA) is 69.7 Å². The van der Waals surface area contributed by atoms with Crippen molar-refractivity contribution in [2.75, 3.05) is 6.54 Å². The minimum atomic E-state index is -0.644. The zero-order valence-corrected chi connectivity index (χ0v) is 18.9. The molecule has 1 amide bonds. The highest BCUT2D eigenvalue weighted by molar-refractivity contribution is 6.56. The highest BCUT2D eigenvalue weighted by Gasteiger charge is 2.52. The fourth-order valence-electron chi connectivity index (χ4n) is 2.41. The average Bonchev–Trinajstić information content (AvgIpc) is 2.73. The van der Waals surface area contributed by atoms with Gasteiger partial charge in [-0.2, -0.15) is 0 Å². The first-order valence-corrected chi connectivity index (χ1v) is 9.80. The van der Waals surface area contributed by atoms with Gasteiger partial charge in [0.25, 0.3) is 0 Å². The van der Waals surface area contributed by atoms with Crippen molar-refractivity contribution in [3.05, 3.63) is 33.5 Å². The molecule has 1 fully saturated rings. The molecule has 0 aromatic carbocycles. The molecule has 1 saturated heterocycles. The van der Waals surface area contributed by atoms with Crippen molar-refractivity contribution < 1.29 is 18.8 Å². The Morgan fingerprint density at radius 3 is 2.32 bits per heavy atom. The van der Waals surface area contributed by atoms with Crippen LogP contribution in [0.3, 0.4) is 0 Å². The number of nitrogens with one attached hydrogen (secondary N) is 1. The third kappa shape index (κ3) is 5.86. The van der Waals surface area contributed by atoms with E-state index in [9.17, 15) is 4.79 Å². The van der Waals surface area contributed by atoms with E-state index >= 15 is 0 Å². The molecule has 0 spiro atoms. The van der Waals surface area contributed by atoms with E-state index in [0.29, 0.717) is 16.1 Å². The van der Waals surface area contributed by atoms with Gasteiger partial charge >= 0.3 is 13.2 Å². The van der Waals surface area contributed by atoms with Crippen molar-refractivity contribution >= 4 is 42.5 Å². The van der Waals surface area contributed by atoms with Crippen molar-refractivity contribution in [3.63, 3.8) is 0 Å². The van der Waals surface area contributed by atoms with Crippen molar-refractivity contribution in [3.8, 4) is 0 Å². The number of halogens is 2. The standard InChI is InChI=1S/C19H27BCl2N2O4/c1-17(2,3)26-16(25)24-11-13(8-12-9-14(21)15(22)23-10-12)20-27-18(4,5)19(6,7)28-20/h8-10H,11H2,1-7H3,(H,24,25). The van der Waals surface area contributed by atoms with Gasteiger partial charge in [-0.25, -0.2) is 9.78 Å². The first-order chi connectivity index (χ1) is 12.7. The number of carbonyl (C=O) groups excluding carboxylic acids is 1. The van der Waals surface area contributed by atoms with Gasteiger partial charge in [0.2, 0.25) is 0 Å². The van der Waals surface area contributed by atoms with Gasteiger partial charge in [0.15, 0.2) is 0 Å². The molecule has 1 aliphatic rings. The molecule has 0 radical (unpaired) electrons. The number of ether oxygens (including phenoxy) is 1. The van der Waals surface area contributed by atoms with Crippen molar-refractivity contribution in [1.82, 2.24) is 10.3 Å². The largest absolute Gasteiger partial charge is 0.492 e. The lowest BCUT2D eigenvalue weighted by Crippen LogP contribution is -2.41. The van der Waals surface area contributed by atoms with Crippen molar-refractivity contribution in [1.29, 1.82) is 0 Å². The number of alkyl carbamates (subject to hydrolysis) is 1. The maximum atomic E-state index is 12.1. The number of hydrogen-bond acceptors (Lipinski definition) is 5. The van der Waals surface area contributed by atoms with Crippen molar-refractivity contribution in [2.24, 2.45) is 0 Å². The summed E-state index contributed by atoms with van der Waals surface area (Å²) in [6, 6.07) is 1.69. The smallest absolute Gasteiger partial charge is 0.444 e. The Morgan fingerprint density at radius 2 is 1.82 bits per heavy atom. The van der Waals surface area contributed by atoms with Crippen LogP contribution in [0.4, 0.5) is 4.79 Å². The maximum absolute atomic E-state index is 12.1. The number of rotatable bonds is 4. The van der Waals surface area contributed by atoms with Gasteiger partial charge < -0.3 is 19.4 Å². The van der Waals surface area contributed by atoms with Gasteiger partial charge in [0.1, 0.15) is 10.8 Å². The summed E-state index contributed by atoms with van der Waals surface area (Å²) in [5.41, 5.74) is -0.210. The number of amides is 1. The Labute approximate surface area is 177 Å². The summed E-state index contributed by atoms with van der Waals surface area (Å²) in [6.07, 6.45) is 2.88. The molecule has 1 aromatic heterocycles. The van der Waals surface area contributed by atoms with E-state index in [1.807, 2.05) is 33.8 Å². The van der Waals surface area contributed by atoms with Crippen molar-refractivity contribution in [2.45, 2.75) is 65.3 Å². The van der Waals surface area contributed by atoms with Gasteiger partial charge in [-0.1, -0.05) is 29.3 Å². The Morgan fingerprint density at radius 1 is 1.25 bits per heavy atom. The van der Waals surface area contributed by atoms with Crippen LogP contribution in [0.2, 0.25) is 10.2 Å². The lowest BCUT2D eigenvalue weighted by atomic mass is 9.77. The molecule has 1 aliphatic heterocycles. The van der Waals surface area contributed by atoms with E-state index in [-0.39, 0.29) is 11.7 Å². The van der Waals surface area contributed by atoms with Gasteiger partial charge in [-0.15, -0.1) is 0 Å². The number of pyridine rings is 1. The number of carbonyl (C=O) groups is 1. The summed E-state index contributed by atoms with van der Waals surface area (Å²) < 4.78 is 17.6. The molecule has 1 aromatic rings. The minimum absolute atomic E-state index is 0.173. The summed E-state index contributed by atoms with van der Waals surface area (Å²) in [4.78, 5) is 16.1. The van der Waals surface area contributed by atoms with Crippen LogP contribution in [-0.4, -0.2) is 41.5 Å². The SMILES string of the molecule is CC(C)(C)OC(=O)NCC(=Cc1cnc(Cl)c(Cl)c1)B1OC(C)(C)C(C)(C)O1. The van der Waals surface area contributed by atoms with Crippen LogP contribution in [0.25, 0.3) is 6.08 Å². The predicted octanol–water partition coefficient (Wildman–Crippen LogP) is 4.93. The zero-order chi connectivity index (χ0) is 21.3. The summed E-state index contributed by atoms with van der Waals surface area (Å²) in [5.74, 6) is 0. The lowest BCUT2D eigenvalue weighted by Gasteiger charge is -2.32. The van der Waals surface area contributed by atoms with Crippen LogP contribution >= 0.6 is 23.2 Å². The zero-order valence-electron chi connectivity index (χ0n) is 17.4. The lowest BCUT2D eigenvalue weighted by molar-refractivity contribution is 0.00578. The van der Waals surface area contributed by atoms with Crippen LogP contribution in [0.5, 0.6) is 0 Å². The summed E-state index contributed by atoms with van der Waals surface area (Å²) in [7, 11) is -0.644. The molecule has 0 saturated carbocycles. The molecular formula is C19H27BCl2N2O4. The van der Waals surface area contributed by atoms with E-state index in [1.165, 1.54) is 0 Å². The summed E-state index contributed by atoms with van der Waals surface area (Å²) >= 11 is 12.0. The van der Waals surface area contributed by atoms with Crippen LogP contribution in [0, 0.1) is 0 Å². The second-order valence-electron chi connectivity index (χ2n) is 8.70. The fourth-order valence-corrected chi connectivity index (χ4v) is 2.69. The second kappa shape index (κ2) is 8.23. The van der Waals surface area contributed by atoms with Crippen LogP contribution < -0.4 is 5.32 Å². The minimum Gasteiger partial charge on any atom is -0.444 e. The molecule has 28 heavy (non-hydrogen) atoms. The first-order valence-electron chi connectivity index (χ1n) is 9.04. The van der Waals surface area contributed by atoms with E-state index in [4.69, 9.17) is 37.2 Å². The predicted molar refractivity (Wildman–Crippen MR) is 113 cm³/mol. The Bertz CT molecular complexity index is 760. The third-order valence-electron chi connectivity index (χ3n) is 4.56. The van der Waals surface area contributed by atoms with Crippen LogP contribution in [0.1, 0.15) is 54.0 Å². The number of nitrogens with zero attached hydrogens (tertiary/aromatic N) is 1. The van der Waals surface area contributed by atoms with E-state index in [2.05, 4.69) is 10.3 Å². The Kier molecular flexibility index (Phi) is 6.76. The molecular weight excluding hydrogens is 402 g/mol. The van der Waals surface area contributed by atoms with Gasteiger partial charge in [0, 0.05) is 12.7 Å². The van der Waals surface area contributed by atoms with Crippen LogP contribution in [0.15, 0.2) is 17.7 Å². The third-order valence-corrected chi connectivity index (χ3v) is 5.25. The highest BCUT2D eigenvalue weighted by Crippen LogP contribution is 2.38. The quantitative estimate of drug-likeness (QED) is 0.543. The van der Waals surface area contributed by atoms with E-state index < -0.39 is 30.0 Å². The Hall–Kier alpha value is -1.28. The monoisotopic (exact) mass is 428 g/mol. The Balaban J connectivity index is 2.27. The van der Waals surface area contributed by atoms with E-state index in [0.717, 1.165) is 0 Å². The molecule has 1 N–H and O–H groups in total. The highest BCUT2D eigenvalue weighted by atomic mass is 35.5. The molecule has 0 aliphatic carbocycles.